The molecule has 146 valence electrons. The van der Waals surface area contributed by atoms with E-state index in [0.717, 1.165) is 34.6 Å². The molecule has 3 aromatic rings. The summed E-state index contributed by atoms with van der Waals surface area (Å²) in [6.45, 7) is -1.76. The Balaban J connectivity index is 1.39. The lowest BCUT2D eigenvalue weighted by Gasteiger charge is -2.22. The first-order valence-electron chi connectivity index (χ1n) is 9.03. The van der Waals surface area contributed by atoms with E-state index in [1.54, 1.807) is 23.5 Å². The Labute approximate surface area is 164 Å². The number of thiazole rings is 1. The lowest BCUT2D eigenvalue weighted by Crippen LogP contribution is -2.32. The van der Waals surface area contributed by atoms with Crippen LogP contribution in [0, 0.1) is 0 Å². The van der Waals surface area contributed by atoms with Gasteiger partial charge in [-0.3, -0.25) is 9.69 Å². The van der Waals surface area contributed by atoms with Crippen LogP contribution in [0.1, 0.15) is 23.9 Å². The van der Waals surface area contributed by atoms with Crippen molar-refractivity contribution >= 4 is 33.1 Å². The minimum atomic E-state index is -2.87. The zero-order valence-corrected chi connectivity index (χ0v) is 15.8. The smallest absolute Gasteiger partial charge is 0.387 e. The van der Waals surface area contributed by atoms with E-state index in [0.29, 0.717) is 5.69 Å². The lowest BCUT2D eigenvalue weighted by atomic mass is 10.2. The number of amides is 1. The molecule has 0 radical (unpaired) electrons. The van der Waals surface area contributed by atoms with Crippen LogP contribution in [0.25, 0.3) is 10.2 Å². The van der Waals surface area contributed by atoms with Crippen molar-refractivity contribution < 1.29 is 18.3 Å². The Bertz CT molecular complexity index is 928. The molecular formula is C20H19F2N3O2S. The summed E-state index contributed by atoms with van der Waals surface area (Å²) in [7, 11) is 0. The quantitative estimate of drug-likeness (QED) is 0.650. The molecule has 1 atom stereocenters. The zero-order valence-electron chi connectivity index (χ0n) is 15.0. The second-order valence-corrected chi connectivity index (χ2v) is 7.66. The predicted molar refractivity (Wildman–Crippen MR) is 105 cm³/mol. The normalized spacial score (nSPS) is 17.3. The van der Waals surface area contributed by atoms with Gasteiger partial charge >= 0.3 is 6.61 Å². The van der Waals surface area contributed by atoms with E-state index in [-0.39, 0.29) is 24.2 Å². The third-order valence-electron chi connectivity index (χ3n) is 4.67. The molecule has 0 saturated carbocycles. The minimum Gasteiger partial charge on any atom is -0.435 e. The molecule has 28 heavy (non-hydrogen) atoms. The summed E-state index contributed by atoms with van der Waals surface area (Å²) in [5.41, 5.74) is 1.53. The number of aromatic nitrogens is 1. The standard InChI is InChI=1S/C20H19F2N3O2S/c21-20(22)27-14-9-7-13(8-10-14)23-18(26)12-25-11-3-5-16(25)19-24-15-4-1-2-6-17(15)28-19/h1-2,4,6-10,16,20H,3,5,11-12H2,(H,23,26)/t16-/m1/s1. The largest absolute Gasteiger partial charge is 0.435 e. The second-order valence-electron chi connectivity index (χ2n) is 6.60. The maximum Gasteiger partial charge on any atom is 0.387 e. The van der Waals surface area contributed by atoms with Crippen LogP contribution < -0.4 is 10.1 Å². The van der Waals surface area contributed by atoms with Gasteiger partial charge in [-0.2, -0.15) is 8.78 Å². The highest BCUT2D eigenvalue weighted by Crippen LogP contribution is 2.36. The number of halogens is 2. The average molecular weight is 403 g/mol. The van der Waals surface area contributed by atoms with Gasteiger partial charge in [-0.1, -0.05) is 12.1 Å². The molecule has 0 spiro atoms. The molecule has 1 aliphatic rings. The molecule has 1 aliphatic heterocycles. The molecule has 1 N–H and O–H groups in total. The molecule has 1 fully saturated rings. The molecule has 8 heteroatoms. The number of para-hydroxylation sites is 1. The van der Waals surface area contributed by atoms with Crippen LogP contribution in [0.2, 0.25) is 0 Å². The van der Waals surface area contributed by atoms with Crippen LogP contribution in [0.3, 0.4) is 0 Å². The fraction of sp³-hybridized carbons (Fsp3) is 0.300. The number of nitrogens with zero attached hydrogens (tertiary/aromatic N) is 2. The third-order valence-corrected chi connectivity index (χ3v) is 5.81. The second kappa shape index (κ2) is 8.20. The summed E-state index contributed by atoms with van der Waals surface area (Å²) in [6, 6.07) is 14.1. The molecule has 5 nitrogen and oxygen atoms in total. The summed E-state index contributed by atoms with van der Waals surface area (Å²) >= 11 is 1.68. The first-order chi connectivity index (χ1) is 13.6. The maximum atomic E-state index is 12.5. The molecule has 2 aromatic carbocycles. The van der Waals surface area contributed by atoms with Gasteiger partial charge in [-0.15, -0.1) is 11.3 Å². The first-order valence-corrected chi connectivity index (χ1v) is 9.84. The highest BCUT2D eigenvalue weighted by atomic mass is 32.1. The molecule has 1 aromatic heterocycles. The molecule has 2 heterocycles. The van der Waals surface area contributed by atoms with Crippen LogP contribution in [-0.2, 0) is 4.79 Å². The van der Waals surface area contributed by atoms with Crippen molar-refractivity contribution in [1.29, 1.82) is 0 Å². The fourth-order valence-corrected chi connectivity index (χ4v) is 4.57. The molecule has 0 aliphatic carbocycles. The van der Waals surface area contributed by atoms with E-state index < -0.39 is 6.61 Å². The number of ether oxygens (including phenoxy) is 1. The van der Waals surface area contributed by atoms with E-state index in [1.807, 2.05) is 18.2 Å². The first kappa shape index (κ1) is 18.8. The molecule has 0 unspecified atom stereocenters. The summed E-state index contributed by atoms with van der Waals surface area (Å²) in [5.74, 6) is -0.0843. The summed E-state index contributed by atoms with van der Waals surface area (Å²) in [6.07, 6.45) is 2.00. The van der Waals surface area contributed by atoms with E-state index in [1.165, 1.54) is 12.1 Å². The van der Waals surface area contributed by atoms with E-state index in [4.69, 9.17) is 4.98 Å². The number of rotatable bonds is 6. The number of alkyl halides is 2. The van der Waals surface area contributed by atoms with Crippen molar-refractivity contribution in [2.45, 2.75) is 25.5 Å². The Morgan fingerprint density at radius 3 is 2.79 bits per heavy atom. The SMILES string of the molecule is O=C(CN1CCC[C@@H]1c1nc2ccccc2s1)Nc1ccc(OC(F)F)cc1. The molecular weight excluding hydrogens is 384 g/mol. The van der Waals surface area contributed by atoms with Crippen molar-refractivity contribution in [3.05, 3.63) is 53.5 Å². The Morgan fingerprint density at radius 2 is 2.04 bits per heavy atom. The van der Waals surface area contributed by atoms with Crippen molar-refractivity contribution in [3.8, 4) is 5.75 Å². The van der Waals surface area contributed by atoms with Crippen LogP contribution in [0.5, 0.6) is 5.75 Å². The number of hydrogen-bond acceptors (Lipinski definition) is 5. The predicted octanol–water partition coefficient (Wildman–Crippen LogP) is 4.67. The Kier molecular flexibility index (Phi) is 5.50. The van der Waals surface area contributed by atoms with Crippen LogP contribution >= 0.6 is 11.3 Å². The summed E-state index contributed by atoms with van der Waals surface area (Å²) in [5, 5.41) is 3.85. The maximum absolute atomic E-state index is 12.5. The lowest BCUT2D eigenvalue weighted by molar-refractivity contribution is -0.117. The third kappa shape index (κ3) is 4.28. The van der Waals surface area contributed by atoms with Gasteiger partial charge in [0.25, 0.3) is 0 Å². The van der Waals surface area contributed by atoms with Crippen LogP contribution in [0.15, 0.2) is 48.5 Å². The number of anilines is 1. The highest BCUT2D eigenvalue weighted by Gasteiger charge is 2.30. The van der Waals surface area contributed by atoms with Gasteiger partial charge in [-0.25, -0.2) is 4.98 Å². The Hall–Kier alpha value is -2.58. The van der Waals surface area contributed by atoms with Gasteiger partial charge in [-0.05, 0) is 55.8 Å². The van der Waals surface area contributed by atoms with Gasteiger partial charge in [0.05, 0.1) is 22.8 Å². The average Bonchev–Trinajstić information content (AvgIpc) is 3.29. The molecule has 0 bridgehead atoms. The number of likely N-dealkylation sites (tertiary alicyclic amines) is 1. The topological polar surface area (TPSA) is 54.5 Å². The number of hydrogen-bond donors (Lipinski definition) is 1. The van der Waals surface area contributed by atoms with E-state index in [2.05, 4.69) is 21.0 Å². The number of benzene rings is 2. The zero-order chi connectivity index (χ0) is 19.5. The van der Waals surface area contributed by atoms with Gasteiger partial charge < -0.3 is 10.1 Å². The molecule has 1 saturated heterocycles. The van der Waals surface area contributed by atoms with Crippen molar-refractivity contribution in [3.63, 3.8) is 0 Å². The highest BCUT2D eigenvalue weighted by molar-refractivity contribution is 7.18. The summed E-state index contributed by atoms with van der Waals surface area (Å²) in [4.78, 5) is 19.3. The van der Waals surface area contributed by atoms with Gasteiger partial charge in [0.2, 0.25) is 5.91 Å². The van der Waals surface area contributed by atoms with Gasteiger partial charge in [0.1, 0.15) is 10.8 Å². The van der Waals surface area contributed by atoms with Crippen molar-refractivity contribution in [2.75, 3.05) is 18.4 Å². The van der Waals surface area contributed by atoms with Crippen molar-refractivity contribution in [1.82, 2.24) is 9.88 Å². The monoisotopic (exact) mass is 403 g/mol. The van der Waals surface area contributed by atoms with Gasteiger partial charge in [0, 0.05) is 5.69 Å². The number of nitrogens with one attached hydrogen (secondary N) is 1. The molecule has 1 amide bonds. The summed E-state index contributed by atoms with van der Waals surface area (Å²) < 4.78 is 29.9. The van der Waals surface area contributed by atoms with E-state index in [9.17, 15) is 13.6 Å². The number of fused-ring (bicyclic) bond motifs is 1. The van der Waals surface area contributed by atoms with E-state index >= 15 is 0 Å². The van der Waals surface area contributed by atoms with Crippen molar-refractivity contribution in [2.24, 2.45) is 0 Å². The number of carbonyl (C=O) groups excluding carboxylic acids is 1. The van der Waals surface area contributed by atoms with Gasteiger partial charge in [0.15, 0.2) is 0 Å². The molecule has 4 rings (SSSR count). The number of carbonyl (C=O) groups is 1. The minimum absolute atomic E-state index is 0.0587. The van der Waals surface area contributed by atoms with Crippen LogP contribution in [-0.4, -0.2) is 35.5 Å². The Morgan fingerprint density at radius 1 is 1.25 bits per heavy atom. The van der Waals surface area contributed by atoms with Crippen LogP contribution in [0.4, 0.5) is 14.5 Å². The fourth-order valence-electron chi connectivity index (χ4n) is 3.43.